The number of hydrogen-bond donors (Lipinski definition) is 0. The summed E-state index contributed by atoms with van der Waals surface area (Å²) in [4.78, 5) is 2.49. The number of fused-ring (bicyclic) bond motifs is 10. The van der Waals surface area contributed by atoms with Crippen molar-refractivity contribution in [2.75, 3.05) is 4.90 Å². The summed E-state index contributed by atoms with van der Waals surface area (Å²) in [5.74, 6) is 0. The highest BCUT2D eigenvalue weighted by molar-refractivity contribution is 6.12. The molecule has 0 saturated carbocycles. The van der Waals surface area contributed by atoms with Crippen molar-refractivity contribution in [3.63, 3.8) is 0 Å². The Bertz CT molecular complexity index is 3600. The third-order valence-electron chi connectivity index (χ3n) is 14.4. The van der Waals surface area contributed by atoms with Crippen LogP contribution in [0.2, 0.25) is 0 Å². The van der Waals surface area contributed by atoms with Crippen molar-refractivity contribution in [3.8, 4) is 27.9 Å². The molecule has 10 aromatic carbocycles. The van der Waals surface area contributed by atoms with Gasteiger partial charge >= 0.3 is 0 Å². The van der Waals surface area contributed by atoms with Crippen LogP contribution in [0.1, 0.15) is 47.2 Å². The molecule has 302 valence electrons. The van der Waals surface area contributed by atoms with Crippen molar-refractivity contribution in [2.45, 2.75) is 24.7 Å². The van der Waals surface area contributed by atoms with Gasteiger partial charge in [-0.05, 0) is 122 Å². The molecular formula is C62H44N2. The number of nitrogens with zero attached hydrogens (tertiary/aromatic N) is 2. The van der Waals surface area contributed by atoms with Crippen LogP contribution in [0.25, 0.3) is 60.5 Å². The lowest BCUT2D eigenvalue weighted by Crippen LogP contribution is -2.28. The number of hydrogen-bond acceptors (Lipinski definition) is 1. The molecule has 2 nitrogen and oxygen atoms in total. The Balaban J connectivity index is 1.10. The first-order chi connectivity index (χ1) is 31.5. The van der Waals surface area contributed by atoms with Crippen molar-refractivity contribution in [1.29, 1.82) is 0 Å². The molecule has 2 aliphatic carbocycles. The lowest BCUT2D eigenvalue weighted by atomic mass is 9.67. The topological polar surface area (TPSA) is 8.17 Å². The van der Waals surface area contributed by atoms with Crippen LogP contribution in [0.15, 0.2) is 231 Å². The number of aromatic nitrogens is 1. The van der Waals surface area contributed by atoms with E-state index in [-0.39, 0.29) is 5.41 Å². The Morgan fingerprint density at radius 3 is 1.62 bits per heavy atom. The Morgan fingerprint density at radius 2 is 0.891 bits per heavy atom. The van der Waals surface area contributed by atoms with E-state index in [4.69, 9.17) is 0 Å². The average molecular weight is 817 g/mol. The molecule has 0 unspecified atom stereocenters. The molecule has 0 aliphatic heterocycles. The summed E-state index contributed by atoms with van der Waals surface area (Å²) in [5, 5.41) is 4.86. The molecule has 0 saturated heterocycles. The predicted octanol–water partition coefficient (Wildman–Crippen LogP) is 16.1. The van der Waals surface area contributed by atoms with Crippen molar-refractivity contribution >= 4 is 49.6 Å². The van der Waals surface area contributed by atoms with Crippen LogP contribution in [0.4, 0.5) is 17.1 Å². The SMILES string of the molecule is CC1(C)c2ccccc2-c2ccc(N(c3ccc4c(c3)c3cc(C5(c6ccccc6)c6ccccc6-c6ccccc65)ccc3n4-c3ccccc3)c3cccc4ccccc34)cc21. The maximum atomic E-state index is 2.50. The molecule has 2 aliphatic rings. The summed E-state index contributed by atoms with van der Waals surface area (Å²) in [6.07, 6.45) is 0. The molecule has 11 aromatic rings. The highest BCUT2D eigenvalue weighted by Gasteiger charge is 2.46. The smallest absolute Gasteiger partial charge is 0.0713 e. The quantitative estimate of drug-likeness (QED) is 0.162. The summed E-state index contributed by atoms with van der Waals surface area (Å²) in [7, 11) is 0. The summed E-state index contributed by atoms with van der Waals surface area (Å²) in [5.41, 5.74) is 19.4. The average Bonchev–Trinajstić information content (AvgIpc) is 3.93. The van der Waals surface area contributed by atoms with Gasteiger partial charge in [0, 0.05) is 38.6 Å². The maximum Gasteiger partial charge on any atom is 0.0713 e. The molecular weight excluding hydrogens is 773 g/mol. The second-order valence-corrected chi connectivity index (χ2v) is 18.0. The number of anilines is 3. The molecule has 0 radical (unpaired) electrons. The van der Waals surface area contributed by atoms with Gasteiger partial charge < -0.3 is 9.47 Å². The molecule has 0 amide bonds. The normalized spacial score (nSPS) is 14.0. The molecule has 2 heteroatoms. The molecule has 0 N–H and O–H groups in total. The monoisotopic (exact) mass is 816 g/mol. The Kier molecular flexibility index (Phi) is 7.90. The fraction of sp³-hybridized carbons (Fsp3) is 0.0645. The van der Waals surface area contributed by atoms with Gasteiger partial charge in [-0.15, -0.1) is 0 Å². The van der Waals surface area contributed by atoms with E-state index in [1.807, 2.05) is 0 Å². The van der Waals surface area contributed by atoms with E-state index in [1.54, 1.807) is 0 Å². The van der Waals surface area contributed by atoms with Crippen LogP contribution in [-0.2, 0) is 10.8 Å². The van der Waals surface area contributed by atoms with Crippen molar-refractivity contribution in [3.05, 3.63) is 264 Å². The zero-order valence-electron chi connectivity index (χ0n) is 35.8. The van der Waals surface area contributed by atoms with Gasteiger partial charge in [0.05, 0.1) is 22.1 Å². The first-order valence-corrected chi connectivity index (χ1v) is 22.4. The Morgan fingerprint density at radius 1 is 0.359 bits per heavy atom. The van der Waals surface area contributed by atoms with E-state index >= 15 is 0 Å². The van der Waals surface area contributed by atoms with Gasteiger partial charge in [-0.2, -0.15) is 0 Å². The van der Waals surface area contributed by atoms with E-state index in [1.165, 1.54) is 88.2 Å². The fourth-order valence-corrected chi connectivity index (χ4v) is 11.6. The third kappa shape index (κ3) is 5.08. The molecule has 13 rings (SSSR count). The third-order valence-corrected chi connectivity index (χ3v) is 14.4. The van der Waals surface area contributed by atoms with Crippen LogP contribution >= 0.6 is 0 Å². The number of benzene rings is 10. The van der Waals surface area contributed by atoms with Crippen molar-refractivity contribution < 1.29 is 0 Å². The minimum Gasteiger partial charge on any atom is -0.310 e. The van der Waals surface area contributed by atoms with Crippen LogP contribution in [0.3, 0.4) is 0 Å². The summed E-state index contributed by atoms with van der Waals surface area (Å²) in [6.45, 7) is 4.74. The lowest BCUT2D eigenvalue weighted by Gasteiger charge is -2.34. The molecule has 0 spiro atoms. The standard InChI is InChI=1S/C62H44N2/c1-61(2)54-28-14-11-25-48(54)51-35-33-46(40-57(51)61)63(58-31-17-19-41-18-9-10-24-47(41)58)45-34-37-60-53(39-45)52-38-43(32-36-59(52)64(60)44-22-7-4-8-23-44)62(42-20-5-3-6-21-42)55-29-15-12-26-49(55)50-27-13-16-30-56(50)62/h3-40H,1-2H3. The highest BCUT2D eigenvalue weighted by atomic mass is 15.1. The van der Waals surface area contributed by atoms with Gasteiger partial charge in [0.25, 0.3) is 0 Å². The summed E-state index contributed by atoms with van der Waals surface area (Å²) in [6, 6.07) is 85.9. The van der Waals surface area contributed by atoms with E-state index in [9.17, 15) is 0 Å². The van der Waals surface area contributed by atoms with Crippen LogP contribution in [0, 0.1) is 0 Å². The van der Waals surface area contributed by atoms with E-state index < -0.39 is 5.41 Å². The zero-order valence-corrected chi connectivity index (χ0v) is 35.8. The van der Waals surface area contributed by atoms with Crippen LogP contribution < -0.4 is 4.90 Å². The second kappa shape index (κ2) is 13.8. The number of rotatable bonds is 6. The fourth-order valence-electron chi connectivity index (χ4n) is 11.6. The second-order valence-electron chi connectivity index (χ2n) is 18.0. The maximum absolute atomic E-state index is 2.50. The van der Waals surface area contributed by atoms with Gasteiger partial charge in [-0.1, -0.05) is 184 Å². The molecule has 1 heterocycles. The van der Waals surface area contributed by atoms with E-state index in [0.717, 1.165) is 22.7 Å². The molecule has 64 heavy (non-hydrogen) atoms. The number of para-hydroxylation sites is 1. The van der Waals surface area contributed by atoms with Gasteiger partial charge in [0.1, 0.15) is 0 Å². The Labute approximate surface area is 374 Å². The first kappa shape index (κ1) is 36.7. The van der Waals surface area contributed by atoms with Crippen molar-refractivity contribution in [1.82, 2.24) is 4.57 Å². The lowest BCUT2D eigenvalue weighted by molar-refractivity contribution is 0.660. The predicted molar refractivity (Wildman–Crippen MR) is 268 cm³/mol. The van der Waals surface area contributed by atoms with E-state index in [2.05, 4.69) is 254 Å². The minimum atomic E-state index is -0.509. The largest absolute Gasteiger partial charge is 0.310 e. The van der Waals surface area contributed by atoms with Gasteiger partial charge in [-0.25, -0.2) is 0 Å². The summed E-state index contributed by atoms with van der Waals surface area (Å²) < 4.78 is 2.45. The Hall–Kier alpha value is -7.94. The van der Waals surface area contributed by atoms with Crippen LogP contribution in [0.5, 0.6) is 0 Å². The van der Waals surface area contributed by atoms with Crippen LogP contribution in [-0.4, -0.2) is 4.57 Å². The zero-order chi connectivity index (χ0) is 42.6. The summed E-state index contributed by atoms with van der Waals surface area (Å²) >= 11 is 0. The molecule has 0 fully saturated rings. The molecule has 0 bridgehead atoms. The minimum absolute atomic E-state index is 0.137. The van der Waals surface area contributed by atoms with Gasteiger partial charge in [0.2, 0.25) is 0 Å². The van der Waals surface area contributed by atoms with Gasteiger partial charge in [0.15, 0.2) is 0 Å². The first-order valence-electron chi connectivity index (χ1n) is 22.4. The molecule has 0 atom stereocenters. The van der Waals surface area contributed by atoms with Gasteiger partial charge in [-0.3, -0.25) is 0 Å². The van der Waals surface area contributed by atoms with Crippen molar-refractivity contribution in [2.24, 2.45) is 0 Å². The highest BCUT2D eigenvalue weighted by Crippen LogP contribution is 2.57. The van der Waals surface area contributed by atoms with E-state index in [0.29, 0.717) is 0 Å². The molecule has 1 aromatic heterocycles.